The van der Waals surface area contributed by atoms with Crippen molar-refractivity contribution in [3.8, 4) is 5.75 Å². The summed E-state index contributed by atoms with van der Waals surface area (Å²) in [5, 5.41) is 2.66. The van der Waals surface area contributed by atoms with Gasteiger partial charge in [-0.25, -0.2) is 9.37 Å². The monoisotopic (exact) mass is 411 g/mol. The number of nitrogens with one attached hydrogen (secondary N) is 1. The number of ether oxygens (including phenoxy) is 1. The molecular formula is C16H12BrClFN3O2. The first-order valence-corrected chi connectivity index (χ1v) is 8.16. The molecular weight excluding hydrogens is 401 g/mol. The molecule has 1 amide bonds. The van der Waals surface area contributed by atoms with Gasteiger partial charge in [-0.15, -0.1) is 0 Å². The summed E-state index contributed by atoms with van der Waals surface area (Å²) in [7, 11) is 0. The lowest BCUT2D eigenvalue weighted by molar-refractivity contribution is -0.123. The van der Waals surface area contributed by atoms with Crippen LogP contribution in [0, 0.1) is 5.82 Å². The summed E-state index contributed by atoms with van der Waals surface area (Å²) in [6, 6.07) is 7.69. The van der Waals surface area contributed by atoms with Gasteiger partial charge in [0.05, 0.1) is 17.3 Å². The number of pyridine rings is 1. The number of fused-ring (bicyclic) bond motifs is 1. The maximum absolute atomic E-state index is 13.0. The second-order valence-corrected chi connectivity index (χ2v) is 6.31. The van der Waals surface area contributed by atoms with Crippen LogP contribution in [0.15, 0.2) is 47.2 Å². The van der Waals surface area contributed by atoms with Crippen molar-refractivity contribution in [3.05, 3.63) is 63.7 Å². The molecule has 0 bridgehead atoms. The van der Waals surface area contributed by atoms with Gasteiger partial charge < -0.3 is 14.5 Å². The Bertz CT molecular complexity index is 900. The number of aromatic nitrogens is 2. The molecule has 0 atom stereocenters. The van der Waals surface area contributed by atoms with Crippen molar-refractivity contribution >= 4 is 39.1 Å². The van der Waals surface area contributed by atoms with Crippen LogP contribution < -0.4 is 10.1 Å². The zero-order valence-electron chi connectivity index (χ0n) is 12.3. The molecule has 8 heteroatoms. The third kappa shape index (κ3) is 4.04. The number of carbonyl (C=O) groups excluding carboxylic acids is 1. The van der Waals surface area contributed by atoms with E-state index in [0.29, 0.717) is 5.75 Å². The summed E-state index contributed by atoms with van der Waals surface area (Å²) in [4.78, 5) is 16.2. The van der Waals surface area contributed by atoms with Gasteiger partial charge in [-0.1, -0.05) is 11.6 Å². The molecule has 0 radical (unpaired) electrons. The van der Waals surface area contributed by atoms with Crippen molar-refractivity contribution in [3.63, 3.8) is 0 Å². The molecule has 0 saturated carbocycles. The van der Waals surface area contributed by atoms with Gasteiger partial charge in [0.25, 0.3) is 5.91 Å². The molecule has 3 aromatic rings. The maximum atomic E-state index is 13.0. The Balaban J connectivity index is 1.53. The minimum atomic E-state index is -0.535. The van der Waals surface area contributed by atoms with Crippen molar-refractivity contribution in [1.82, 2.24) is 14.7 Å². The van der Waals surface area contributed by atoms with Gasteiger partial charge in [-0.05, 0) is 40.2 Å². The maximum Gasteiger partial charge on any atom is 0.258 e. The van der Waals surface area contributed by atoms with Crippen molar-refractivity contribution in [1.29, 1.82) is 0 Å². The van der Waals surface area contributed by atoms with E-state index in [1.165, 1.54) is 18.2 Å². The zero-order valence-corrected chi connectivity index (χ0v) is 14.6. The smallest absolute Gasteiger partial charge is 0.258 e. The van der Waals surface area contributed by atoms with Crippen LogP contribution in [0.3, 0.4) is 0 Å². The Morgan fingerprint density at radius 3 is 2.96 bits per heavy atom. The van der Waals surface area contributed by atoms with Gasteiger partial charge in [-0.3, -0.25) is 4.79 Å². The number of halogens is 3. The fourth-order valence-corrected chi connectivity index (χ4v) is 2.58. The quantitative estimate of drug-likeness (QED) is 0.697. The van der Waals surface area contributed by atoms with Crippen molar-refractivity contribution in [2.75, 3.05) is 6.61 Å². The van der Waals surface area contributed by atoms with E-state index in [1.54, 1.807) is 0 Å². The van der Waals surface area contributed by atoms with Gasteiger partial charge in [0.2, 0.25) is 0 Å². The topological polar surface area (TPSA) is 55.6 Å². The lowest BCUT2D eigenvalue weighted by Gasteiger charge is -2.07. The SMILES string of the molecule is O=C(COc1ccc(F)c(Cl)c1)NCc1cn2cc(Br)ccc2n1. The molecule has 1 N–H and O–H groups in total. The molecule has 0 aliphatic rings. The van der Waals surface area contributed by atoms with Crippen LogP contribution in [0.5, 0.6) is 5.75 Å². The van der Waals surface area contributed by atoms with Gasteiger partial charge in [0, 0.05) is 22.9 Å². The average Bonchev–Trinajstić information content (AvgIpc) is 2.96. The first-order valence-electron chi connectivity index (χ1n) is 6.99. The molecule has 1 aromatic carbocycles. The highest BCUT2D eigenvalue weighted by Gasteiger charge is 2.07. The van der Waals surface area contributed by atoms with Crippen LogP contribution in [0.4, 0.5) is 4.39 Å². The molecule has 3 rings (SSSR count). The molecule has 0 fully saturated rings. The van der Waals surface area contributed by atoms with Crippen LogP contribution in [0.2, 0.25) is 5.02 Å². The van der Waals surface area contributed by atoms with E-state index >= 15 is 0 Å². The fourth-order valence-electron chi connectivity index (χ4n) is 2.06. The number of hydrogen-bond donors (Lipinski definition) is 1. The lowest BCUT2D eigenvalue weighted by atomic mass is 10.3. The molecule has 0 spiro atoms. The summed E-state index contributed by atoms with van der Waals surface area (Å²) in [6.07, 6.45) is 3.72. The van der Waals surface area contributed by atoms with Gasteiger partial charge in [-0.2, -0.15) is 0 Å². The summed E-state index contributed by atoms with van der Waals surface area (Å²) >= 11 is 9.04. The largest absolute Gasteiger partial charge is 0.484 e. The highest BCUT2D eigenvalue weighted by molar-refractivity contribution is 9.10. The first-order chi connectivity index (χ1) is 11.5. The van der Waals surface area contributed by atoms with Crippen LogP contribution in [-0.2, 0) is 11.3 Å². The van der Waals surface area contributed by atoms with E-state index in [1.807, 2.05) is 28.9 Å². The Morgan fingerprint density at radius 2 is 2.17 bits per heavy atom. The molecule has 0 saturated heterocycles. The molecule has 124 valence electrons. The van der Waals surface area contributed by atoms with E-state index < -0.39 is 5.82 Å². The number of amides is 1. The minimum Gasteiger partial charge on any atom is -0.484 e. The summed E-state index contributed by atoms with van der Waals surface area (Å²) in [6.45, 7) is 0.0898. The first kappa shape index (κ1) is 16.7. The average molecular weight is 413 g/mol. The lowest BCUT2D eigenvalue weighted by Crippen LogP contribution is -2.28. The van der Waals surface area contributed by atoms with E-state index in [-0.39, 0.29) is 24.1 Å². The molecule has 24 heavy (non-hydrogen) atoms. The van der Waals surface area contributed by atoms with E-state index in [9.17, 15) is 9.18 Å². The number of benzene rings is 1. The van der Waals surface area contributed by atoms with E-state index in [2.05, 4.69) is 26.2 Å². The van der Waals surface area contributed by atoms with E-state index in [4.69, 9.17) is 16.3 Å². The third-order valence-corrected chi connectivity index (χ3v) is 3.95. The molecule has 2 aromatic heterocycles. The number of rotatable bonds is 5. The van der Waals surface area contributed by atoms with Gasteiger partial charge in [0.1, 0.15) is 17.2 Å². The fraction of sp³-hybridized carbons (Fsp3) is 0.125. The number of imidazole rings is 1. The summed E-state index contributed by atoms with van der Waals surface area (Å²) in [5.41, 5.74) is 1.52. The standard InChI is InChI=1S/C16H12BrClFN3O2/c17-10-1-4-15-21-11(8-22(15)7-10)6-20-16(23)9-24-12-2-3-14(19)13(18)5-12/h1-5,7-8H,6,9H2,(H,20,23). The van der Waals surface area contributed by atoms with Crippen LogP contribution >= 0.6 is 27.5 Å². The van der Waals surface area contributed by atoms with E-state index in [0.717, 1.165) is 15.8 Å². The predicted molar refractivity (Wildman–Crippen MR) is 91.6 cm³/mol. The Morgan fingerprint density at radius 1 is 1.33 bits per heavy atom. The van der Waals surface area contributed by atoms with Crippen LogP contribution in [-0.4, -0.2) is 21.9 Å². The van der Waals surface area contributed by atoms with Gasteiger partial charge in [0.15, 0.2) is 6.61 Å². The Kier molecular flexibility index (Phi) is 5.01. The zero-order chi connectivity index (χ0) is 17.1. The predicted octanol–water partition coefficient (Wildman–Crippen LogP) is 3.58. The molecule has 0 unspecified atom stereocenters. The summed E-state index contributed by atoms with van der Waals surface area (Å²) < 4.78 is 21.1. The highest BCUT2D eigenvalue weighted by Crippen LogP contribution is 2.20. The van der Waals surface area contributed by atoms with Crippen molar-refractivity contribution in [2.24, 2.45) is 0 Å². The van der Waals surface area contributed by atoms with Gasteiger partial charge >= 0.3 is 0 Å². The second-order valence-electron chi connectivity index (χ2n) is 4.99. The molecule has 2 heterocycles. The summed E-state index contributed by atoms with van der Waals surface area (Å²) in [5.74, 6) is -0.519. The van der Waals surface area contributed by atoms with Crippen molar-refractivity contribution in [2.45, 2.75) is 6.54 Å². The normalized spacial score (nSPS) is 10.8. The van der Waals surface area contributed by atoms with Crippen LogP contribution in [0.1, 0.15) is 5.69 Å². The Hall–Kier alpha value is -2.12. The second kappa shape index (κ2) is 7.19. The number of hydrogen-bond acceptors (Lipinski definition) is 3. The number of nitrogens with zero attached hydrogens (tertiary/aromatic N) is 2. The molecule has 0 aliphatic heterocycles. The van der Waals surface area contributed by atoms with Crippen molar-refractivity contribution < 1.29 is 13.9 Å². The Labute approximate surface area is 150 Å². The van der Waals surface area contributed by atoms with Crippen LogP contribution in [0.25, 0.3) is 5.65 Å². The minimum absolute atomic E-state index is 0.0521. The number of carbonyl (C=O) groups is 1. The highest BCUT2D eigenvalue weighted by atomic mass is 79.9. The molecule has 5 nitrogen and oxygen atoms in total. The molecule has 0 aliphatic carbocycles. The third-order valence-electron chi connectivity index (χ3n) is 3.19.